The molecule has 0 spiro atoms. The van der Waals surface area contributed by atoms with E-state index >= 15 is 0 Å². The van der Waals surface area contributed by atoms with E-state index in [9.17, 15) is 4.79 Å². The van der Waals surface area contributed by atoms with Crippen LogP contribution in [0.15, 0.2) is 4.99 Å². The highest BCUT2D eigenvalue weighted by Crippen LogP contribution is 2.06. The minimum absolute atomic E-state index is 0. The average molecular weight is 430 g/mol. The second-order valence-electron chi connectivity index (χ2n) is 5.46. The maximum Gasteiger partial charge on any atom is 0.407 e. The van der Waals surface area contributed by atoms with Gasteiger partial charge >= 0.3 is 6.09 Å². The Morgan fingerprint density at radius 3 is 2.36 bits per heavy atom. The fourth-order valence-electron chi connectivity index (χ4n) is 1.39. The molecule has 0 aliphatic rings. The molecule has 0 rings (SSSR count). The van der Waals surface area contributed by atoms with Crippen molar-refractivity contribution < 1.29 is 14.3 Å². The maximum absolute atomic E-state index is 11.4. The van der Waals surface area contributed by atoms with Crippen molar-refractivity contribution in [2.45, 2.75) is 39.7 Å². The zero-order valence-corrected chi connectivity index (χ0v) is 16.7. The van der Waals surface area contributed by atoms with Crippen LogP contribution in [0.2, 0.25) is 0 Å². The van der Waals surface area contributed by atoms with Crippen molar-refractivity contribution in [1.82, 2.24) is 16.0 Å². The highest BCUT2D eigenvalue weighted by molar-refractivity contribution is 14.0. The summed E-state index contributed by atoms with van der Waals surface area (Å²) in [6, 6.07) is 0. The fourth-order valence-corrected chi connectivity index (χ4v) is 1.39. The number of amides is 1. The molecule has 7 nitrogen and oxygen atoms in total. The third-order valence-corrected chi connectivity index (χ3v) is 2.22. The number of alkyl carbamates (subject to hydrolysis) is 1. The molecule has 0 unspecified atom stereocenters. The molecule has 0 aliphatic carbocycles. The quantitative estimate of drug-likeness (QED) is 0.236. The van der Waals surface area contributed by atoms with Gasteiger partial charge in [-0.05, 0) is 34.1 Å². The number of carbonyl (C=O) groups is 1. The Morgan fingerprint density at radius 2 is 1.82 bits per heavy atom. The molecule has 0 bridgehead atoms. The van der Waals surface area contributed by atoms with E-state index in [1.807, 2.05) is 27.7 Å². The smallest absolute Gasteiger partial charge is 0.407 e. The van der Waals surface area contributed by atoms with Crippen LogP contribution in [-0.2, 0) is 9.47 Å². The summed E-state index contributed by atoms with van der Waals surface area (Å²) in [6.45, 7) is 10.8. The first-order valence-electron chi connectivity index (χ1n) is 7.37. The Hall–Kier alpha value is -0.770. The molecule has 22 heavy (non-hydrogen) atoms. The predicted molar refractivity (Wildman–Crippen MR) is 100 cm³/mol. The van der Waals surface area contributed by atoms with Crippen molar-refractivity contribution in [3.63, 3.8) is 0 Å². The zero-order chi connectivity index (χ0) is 16.1. The fraction of sp³-hybridized carbons (Fsp3) is 0.857. The van der Waals surface area contributed by atoms with E-state index in [2.05, 4.69) is 20.9 Å². The van der Waals surface area contributed by atoms with Gasteiger partial charge in [-0.25, -0.2) is 4.79 Å². The topological polar surface area (TPSA) is 84.0 Å². The van der Waals surface area contributed by atoms with Crippen LogP contribution in [0.4, 0.5) is 4.79 Å². The summed E-state index contributed by atoms with van der Waals surface area (Å²) >= 11 is 0. The van der Waals surface area contributed by atoms with Crippen LogP contribution in [0.1, 0.15) is 34.1 Å². The van der Waals surface area contributed by atoms with Gasteiger partial charge in [0.2, 0.25) is 0 Å². The number of rotatable bonds is 8. The van der Waals surface area contributed by atoms with Gasteiger partial charge in [-0.15, -0.1) is 24.0 Å². The van der Waals surface area contributed by atoms with Crippen molar-refractivity contribution >= 4 is 36.0 Å². The third-order valence-electron chi connectivity index (χ3n) is 2.22. The summed E-state index contributed by atoms with van der Waals surface area (Å²) in [4.78, 5) is 15.8. The second-order valence-corrected chi connectivity index (χ2v) is 5.46. The van der Waals surface area contributed by atoms with Crippen LogP contribution >= 0.6 is 24.0 Å². The molecule has 0 aromatic heterocycles. The standard InChI is InChI=1S/C14H30N4O3.HI/c1-6-15-12(17-10-11-20-5)16-8-7-9-18-13(19)21-14(2,3)4;/h6-11H2,1-5H3,(H,18,19)(H2,15,16,17);1H. The van der Waals surface area contributed by atoms with Crippen LogP contribution < -0.4 is 16.0 Å². The Kier molecular flexibility index (Phi) is 14.8. The van der Waals surface area contributed by atoms with E-state index < -0.39 is 11.7 Å². The molecule has 0 heterocycles. The van der Waals surface area contributed by atoms with E-state index in [4.69, 9.17) is 9.47 Å². The molecule has 0 fully saturated rings. The summed E-state index contributed by atoms with van der Waals surface area (Å²) in [7, 11) is 1.66. The van der Waals surface area contributed by atoms with Crippen LogP contribution in [0.5, 0.6) is 0 Å². The molecule has 0 radical (unpaired) electrons. The molecule has 0 aliphatic heterocycles. The molecule has 0 saturated heterocycles. The molecule has 3 N–H and O–H groups in total. The summed E-state index contributed by atoms with van der Waals surface area (Å²) in [6.07, 6.45) is 0.358. The molecular formula is C14H31IN4O3. The SMILES string of the molecule is CCNC(=NCCCNC(=O)OC(C)(C)C)NCCOC.I. The minimum Gasteiger partial charge on any atom is -0.444 e. The number of halogens is 1. The van der Waals surface area contributed by atoms with Gasteiger partial charge in [0.25, 0.3) is 0 Å². The largest absolute Gasteiger partial charge is 0.444 e. The van der Waals surface area contributed by atoms with E-state index in [-0.39, 0.29) is 24.0 Å². The number of hydrogen-bond acceptors (Lipinski definition) is 4. The average Bonchev–Trinajstić information content (AvgIpc) is 2.36. The molecule has 0 saturated carbocycles. The Bertz CT molecular complexity index is 320. The molecule has 1 amide bonds. The lowest BCUT2D eigenvalue weighted by molar-refractivity contribution is 0.0527. The van der Waals surface area contributed by atoms with Gasteiger partial charge < -0.3 is 25.4 Å². The normalized spacial score (nSPS) is 11.4. The van der Waals surface area contributed by atoms with E-state index in [0.717, 1.165) is 18.9 Å². The van der Waals surface area contributed by atoms with Crippen molar-refractivity contribution in [3.8, 4) is 0 Å². The second kappa shape index (κ2) is 13.9. The summed E-state index contributed by atoms with van der Waals surface area (Å²) < 4.78 is 10.1. The number of guanidine groups is 1. The first-order valence-corrected chi connectivity index (χ1v) is 7.37. The van der Waals surface area contributed by atoms with Crippen LogP contribution in [0.3, 0.4) is 0 Å². The maximum atomic E-state index is 11.4. The molecule has 0 aromatic carbocycles. The van der Waals surface area contributed by atoms with Gasteiger partial charge in [0, 0.05) is 33.3 Å². The lowest BCUT2D eigenvalue weighted by Gasteiger charge is -2.19. The highest BCUT2D eigenvalue weighted by Gasteiger charge is 2.15. The van der Waals surface area contributed by atoms with Crippen LogP contribution in [-0.4, -0.2) is 57.5 Å². The summed E-state index contributed by atoms with van der Waals surface area (Å²) in [5, 5.41) is 9.00. The van der Waals surface area contributed by atoms with E-state index in [0.29, 0.717) is 26.2 Å². The van der Waals surface area contributed by atoms with Gasteiger partial charge in [0.05, 0.1) is 6.61 Å². The highest BCUT2D eigenvalue weighted by atomic mass is 127. The van der Waals surface area contributed by atoms with Crippen molar-refractivity contribution in [1.29, 1.82) is 0 Å². The first kappa shape index (κ1) is 23.5. The summed E-state index contributed by atoms with van der Waals surface area (Å²) in [5.41, 5.74) is -0.467. The molecule has 8 heteroatoms. The predicted octanol–water partition coefficient (Wildman–Crippen LogP) is 1.72. The number of carbonyl (C=O) groups excluding carboxylic acids is 1. The monoisotopic (exact) mass is 430 g/mol. The summed E-state index contributed by atoms with van der Waals surface area (Å²) in [5.74, 6) is 0.756. The first-order chi connectivity index (χ1) is 9.89. The van der Waals surface area contributed by atoms with Crippen molar-refractivity contribution in [2.24, 2.45) is 4.99 Å². The molecule has 132 valence electrons. The Labute approximate surface area is 151 Å². The minimum atomic E-state index is -0.467. The van der Waals surface area contributed by atoms with Crippen LogP contribution in [0.25, 0.3) is 0 Å². The molecule has 0 atom stereocenters. The molecule has 0 aromatic rings. The number of ether oxygens (including phenoxy) is 2. The third kappa shape index (κ3) is 15.6. The zero-order valence-electron chi connectivity index (χ0n) is 14.3. The lowest BCUT2D eigenvalue weighted by Crippen LogP contribution is -2.39. The van der Waals surface area contributed by atoms with Gasteiger partial charge in [-0.1, -0.05) is 0 Å². The van der Waals surface area contributed by atoms with E-state index in [1.165, 1.54) is 0 Å². The van der Waals surface area contributed by atoms with Gasteiger partial charge in [0.1, 0.15) is 5.60 Å². The van der Waals surface area contributed by atoms with Crippen LogP contribution in [0, 0.1) is 0 Å². The Balaban J connectivity index is 0. The Morgan fingerprint density at radius 1 is 1.14 bits per heavy atom. The number of aliphatic imine (C=N–C) groups is 1. The van der Waals surface area contributed by atoms with Gasteiger partial charge in [-0.2, -0.15) is 0 Å². The number of nitrogens with one attached hydrogen (secondary N) is 3. The number of methoxy groups -OCH3 is 1. The van der Waals surface area contributed by atoms with Crippen molar-refractivity contribution in [2.75, 3.05) is 39.9 Å². The molecular weight excluding hydrogens is 399 g/mol. The van der Waals surface area contributed by atoms with Crippen molar-refractivity contribution in [3.05, 3.63) is 0 Å². The lowest BCUT2D eigenvalue weighted by atomic mass is 10.2. The number of hydrogen-bond donors (Lipinski definition) is 3. The van der Waals surface area contributed by atoms with Gasteiger partial charge in [-0.3, -0.25) is 4.99 Å². The van der Waals surface area contributed by atoms with Gasteiger partial charge in [0.15, 0.2) is 5.96 Å². The van der Waals surface area contributed by atoms with E-state index in [1.54, 1.807) is 7.11 Å². The number of nitrogens with zero attached hydrogens (tertiary/aromatic N) is 1.